The van der Waals surface area contributed by atoms with E-state index in [2.05, 4.69) is 5.10 Å². The Balaban J connectivity index is 1.85. The highest BCUT2D eigenvalue weighted by atomic mass is 16.5. The highest BCUT2D eigenvalue weighted by Gasteiger charge is 2.23. The molecule has 0 radical (unpaired) electrons. The van der Waals surface area contributed by atoms with Gasteiger partial charge in [-0.05, 0) is 38.0 Å². The minimum Gasteiger partial charge on any atom is -0.376 e. The number of amides is 1. The maximum absolute atomic E-state index is 12.8. The molecule has 0 spiro atoms. The summed E-state index contributed by atoms with van der Waals surface area (Å²) >= 11 is 0. The Morgan fingerprint density at radius 1 is 1.29 bits per heavy atom. The zero-order valence-corrected chi connectivity index (χ0v) is 13.7. The van der Waals surface area contributed by atoms with Gasteiger partial charge in [-0.1, -0.05) is 18.2 Å². The summed E-state index contributed by atoms with van der Waals surface area (Å²) in [7, 11) is 0. The Kier molecular flexibility index (Phi) is 5.05. The largest absolute Gasteiger partial charge is 0.376 e. The number of rotatable bonds is 5. The first-order valence-corrected chi connectivity index (χ1v) is 8.25. The topological polar surface area (TPSA) is 64.4 Å². The minimum absolute atomic E-state index is 0.0916. The van der Waals surface area contributed by atoms with Gasteiger partial charge in [0.05, 0.1) is 11.8 Å². The Bertz CT molecular complexity index is 752. The lowest BCUT2D eigenvalue weighted by molar-refractivity contribution is 0.0533. The van der Waals surface area contributed by atoms with E-state index in [1.54, 1.807) is 17.0 Å². The molecule has 1 fully saturated rings. The average Bonchev–Trinajstić information content (AvgIpc) is 3.13. The van der Waals surface area contributed by atoms with E-state index in [9.17, 15) is 9.59 Å². The van der Waals surface area contributed by atoms with Crippen LogP contribution in [0.4, 0.5) is 0 Å². The smallest absolute Gasteiger partial charge is 0.274 e. The predicted molar refractivity (Wildman–Crippen MR) is 90.4 cm³/mol. The van der Waals surface area contributed by atoms with E-state index in [1.165, 1.54) is 16.8 Å². The zero-order valence-electron chi connectivity index (χ0n) is 13.7. The SMILES string of the molecule is CCN(C[C@H]1CCCO1)C(=O)c1ccc(=O)n(-c2ccccc2)n1. The zero-order chi connectivity index (χ0) is 16.9. The van der Waals surface area contributed by atoms with E-state index in [0.29, 0.717) is 18.8 Å². The number of carbonyl (C=O) groups excluding carboxylic acids is 1. The second kappa shape index (κ2) is 7.40. The standard InChI is InChI=1S/C18H21N3O3/c1-2-20(13-15-9-6-12-24-15)18(23)16-10-11-17(22)21(19-16)14-7-4-3-5-8-14/h3-5,7-8,10-11,15H,2,6,9,12-13H2,1H3/t15-/m1/s1. The molecule has 1 aliphatic rings. The molecule has 0 saturated carbocycles. The van der Waals surface area contributed by atoms with Crippen molar-refractivity contribution in [2.24, 2.45) is 0 Å². The summed E-state index contributed by atoms with van der Waals surface area (Å²) in [5, 5.41) is 4.26. The first-order chi connectivity index (χ1) is 11.7. The predicted octanol–water partition coefficient (Wildman–Crippen LogP) is 1.87. The van der Waals surface area contributed by atoms with Gasteiger partial charge in [0.1, 0.15) is 5.69 Å². The summed E-state index contributed by atoms with van der Waals surface area (Å²) < 4.78 is 6.87. The second-order valence-corrected chi connectivity index (χ2v) is 5.78. The molecule has 24 heavy (non-hydrogen) atoms. The van der Waals surface area contributed by atoms with E-state index in [0.717, 1.165) is 19.4 Å². The molecule has 0 unspecified atom stereocenters. The molecule has 1 atom stereocenters. The van der Waals surface area contributed by atoms with Gasteiger partial charge < -0.3 is 9.64 Å². The molecule has 1 saturated heterocycles. The quantitative estimate of drug-likeness (QED) is 0.841. The molecule has 6 heteroatoms. The van der Waals surface area contributed by atoms with Gasteiger partial charge in [-0.25, -0.2) is 0 Å². The number of hydrogen-bond acceptors (Lipinski definition) is 4. The number of hydrogen-bond donors (Lipinski definition) is 0. The van der Waals surface area contributed by atoms with Crippen LogP contribution in [0.3, 0.4) is 0 Å². The van der Waals surface area contributed by atoms with Crippen LogP contribution in [-0.4, -0.2) is 46.4 Å². The Hall–Kier alpha value is -2.47. The summed E-state index contributed by atoms with van der Waals surface area (Å²) in [5.74, 6) is -0.183. The lowest BCUT2D eigenvalue weighted by Crippen LogP contribution is -2.38. The second-order valence-electron chi connectivity index (χ2n) is 5.78. The van der Waals surface area contributed by atoms with Crippen LogP contribution in [0.1, 0.15) is 30.3 Å². The third-order valence-electron chi connectivity index (χ3n) is 4.14. The summed E-state index contributed by atoms with van der Waals surface area (Å²) in [5.41, 5.74) is 0.637. The number of aromatic nitrogens is 2. The van der Waals surface area contributed by atoms with Crippen molar-refractivity contribution in [2.45, 2.75) is 25.9 Å². The first-order valence-electron chi connectivity index (χ1n) is 8.25. The van der Waals surface area contributed by atoms with Crippen LogP contribution in [0.2, 0.25) is 0 Å². The van der Waals surface area contributed by atoms with Crippen molar-refractivity contribution in [1.29, 1.82) is 0 Å². The average molecular weight is 327 g/mol. The summed E-state index contributed by atoms with van der Waals surface area (Å²) in [4.78, 5) is 26.5. The summed E-state index contributed by atoms with van der Waals surface area (Å²) in [6.45, 7) is 3.82. The van der Waals surface area contributed by atoms with Crippen LogP contribution < -0.4 is 5.56 Å². The number of para-hydroxylation sites is 1. The van der Waals surface area contributed by atoms with Gasteiger partial charge in [-0.15, -0.1) is 0 Å². The first kappa shape index (κ1) is 16.4. The van der Waals surface area contributed by atoms with Gasteiger partial charge in [0, 0.05) is 25.8 Å². The van der Waals surface area contributed by atoms with Crippen molar-refractivity contribution in [3.8, 4) is 5.69 Å². The molecule has 1 aromatic carbocycles. The highest BCUT2D eigenvalue weighted by Crippen LogP contribution is 2.14. The van der Waals surface area contributed by atoms with Gasteiger partial charge in [0.25, 0.3) is 11.5 Å². The lowest BCUT2D eigenvalue weighted by Gasteiger charge is -2.23. The van der Waals surface area contributed by atoms with Crippen molar-refractivity contribution < 1.29 is 9.53 Å². The highest BCUT2D eigenvalue weighted by molar-refractivity contribution is 5.92. The fraction of sp³-hybridized carbons (Fsp3) is 0.389. The molecule has 126 valence electrons. The van der Waals surface area contributed by atoms with Gasteiger partial charge in [0.2, 0.25) is 0 Å². The van der Waals surface area contributed by atoms with Crippen LogP contribution in [0, 0.1) is 0 Å². The van der Waals surface area contributed by atoms with E-state index >= 15 is 0 Å². The number of benzene rings is 1. The molecule has 1 amide bonds. The fourth-order valence-corrected chi connectivity index (χ4v) is 2.83. The Morgan fingerprint density at radius 3 is 2.75 bits per heavy atom. The maximum Gasteiger partial charge on any atom is 0.274 e. The van der Waals surface area contributed by atoms with Crippen molar-refractivity contribution in [1.82, 2.24) is 14.7 Å². The van der Waals surface area contributed by atoms with Gasteiger partial charge in [0.15, 0.2) is 0 Å². The molecule has 1 aliphatic heterocycles. The molecule has 1 aromatic heterocycles. The van der Waals surface area contributed by atoms with Crippen molar-refractivity contribution >= 4 is 5.91 Å². The molecule has 3 rings (SSSR count). The summed E-state index contributed by atoms with van der Waals surface area (Å²) in [6, 6.07) is 12.0. The molecule has 0 N–H and O–H groups in total. The number of ether oxygens (including phenoxy) is 1. The van der Waals surface area contributed by atoms with Crippen LogP contribution in [0.5, 0.6) is 0 Å². The van der Waals surface area contributed by atoms with Crippen molar-refractivity contribution in [2.75, 3.05) is 19.7 Å². The van der Waals surface area contributed by atoms with Gasteiger partial charge in [-0.3, -0.25) is 9.59 Å². The molecular weight excluding hydrogens is 306 g/mol. The Morgan fingerprint density at radius 2 is 2.08 bits per heavy atom. The molecular formula is C18H21N3O3. The third-order valence-corrected chi connectivity index (χ3v) is 4.14. The van der Waals surface area contributed by atoms with Gasteiger partial charge >= 0.3 is 0 Å². The van der Waals surface area contributed by atoms with E-state index < -0.39 is 0 Å². The molecule has 0 bridgehead atoms. The summed E-state index contributed by atoms with van der Waals surface area (Å²) in [6.07, 6.45) is 2.10. The fourth-order valence-electron chi connectivity index (χ4n) is 2.83. The number of likely N-dealkylation sites (N-methyl/N-ethyl adjacent to an activating group) is 1. The molecule has 2 aromatic rings. The molecule has 0 aliphatic carbocycles. The number of carbonyl (C=O) groups is 1. The minimum atomic E-state index is -0.264. The molecule has 6 nitrogen and oxygen atoms in total. The van der Waals surface area contributed by atoms with Crippen LogP contribution in [0.15, 0.2) is 47.3 Å². The van der Waals surface area contributed by atoms with Crippen LogP contribution in [0.25, 0.3) is 5.69 Å². The monoisotopic (exact) mass is 327 g/mol. The normalized spacial score (nSPS) is 17.0. The van der Waals surface area contributed by atoms with Crippen LogP contribution >= 0.6 is 0 Å². The van der Waals surface area contributed by atoms with E-state index in [4.69, 9.17) is 4.74 Å². The Labute approximate surface area is 140 Å². The lowest BCUT2D eigenvalue weighted by atomic mass is 10.2. The van der Waals surface area contributed by atoms with E-state index in [-0.39, 0.29) is 23.3 Å². The molecule has 2 heterocycles. The van der Waals surface area contributed by atoms with Gasteiger partial charge in [-0.2, -0.15) is 9.78 Å². The van der Waals surface area contributed by atoms with E-state index in [1.807, 2.05) is 25.1 Å². The third kappa shape index (κ3) is 3.54. The van der Waals surface area contributed by atoms with Crippen molar-refractivity contribution in [3.05, 3.63) is 58.5 Å². The van der Waals surface area contributed by atoms with Crippen molar-refractivity contribution in [3.63, 3.8) is 0 Å². The maximum atomic E-state index is 12.8. The van der Waals surface area contributed by atoms with Crippen LogP contribution in [-0.2, 0) is 4.74 Å². The number of nitrogens with zero attached hydrogens (tertiary/aromatic N) is 3.